The summed E-state index contributed by atoms with van der Waals surface area (Å²) in [6.07, 6.45) is 2.28. The highest BCUT2D eigenvalue weighted by atomic mass is 31.1. The molecule has 2 nitrogen and oxygen atoms in total. The highest BCUT2D eigenvalue weighted by molar-refractivity contribution is 7.83. The molecule has 0 bridgehead atoms. The fraction of sp³-hybridized carbons (Fsp3) is 0.611. The summed E-state index contributed by atoms with van der Waals surface area (Å²) in [4.78, 5) is 11.1. The maximum atomic E-state index is 5.57. The van der Waals surface area contributed by atoms with Crippen molar-refractivity contribution in [3.63, 3.8) is 0 Å². The monoisotopic (exact) mass is 561 g/mol. The summed E-state index contributed by atoms with van der Waals surface area (Å²) >= 11 is 0. The maximum Gasteiger partial charge on any atom is 0.0698 e. The predicted molar refractivity (Wildman–Crippen MR) is 189 cm³/mol. The lowest BCUT2D eigenvalue weighted by molar-refractivity contribution is 0.587. The zero-order valence-electron chi connectivity index (χ0n) is 27.5. The average molecular weight is 562 g/mol. The Bertz CT molecular complexity index is 1040. The summed E-state index contributed by atoms with van der Waals surface area (Å²) in [6.45, 7) is 32.5. The van der Waals surface area contributed by atoms with Crippen LogP contribution < -0.4 is 0 Å². The van der Waals surface area contributed by atoms with Gasteiger partial charge in [0.25, 0.3) is 0 Å². The van der Waals surface area contributed by atoms with Gasteiger partial charge >= 0.3 is 0 Å². The van der Waals surface area contributed by atoms with E-state index >= 15 is 0 Å². The topological polar surface area (TPSA) is 24.7 Å². The van der Waals surface area contributed by atoms with Crippen LogP contribution in [0.4, 0.5) is 11.4 Å². The van der Waals surface area contributed by atoms with Crippen LogP contribution in [0.1, 0.15) is 143 Å². The van der Waals surface area contributed by atoms with Gasteiger partial charge in [0, 0.05) is 22.3 Å². The Morgan fingerprint density at radius 3 is 1.02 bits per heavy atom. The van der Waals surface area contributed by atoms with Crippen molar-refractivity contribution in [1.82, 2.24) is 0 Å². The van der Waals surface area contributed by atoms with Crippen molar-refractivity contribution in [2.75, 3.05) is 12.3 Å². The van der Waals surface area contributed by atoms with E-state index in [2.05, 4.69) is 133 Å². The molecule has 0 N–H and O–H groups in total. The summed E-state index contributed by atoms with van der Waals surface area (Å²) in [6, 6.07) is 13.6. The minimum Gasteiger partial charge on any atom is -0.276 e. The van der Waals surface area contributed by atoms with E-state index in [-0.39, 0.29) is 26.2 Å². The van der Waals surface area contributed by atoms with Crippen LogP contribution >= 0.6 is 7.80 Å². The molecule has 0 aliphatic heterocycles. The lowest BCUT2D eigenvalue weighted by atomic mass is 9.89. The van der Waals surface area contributed by atoms with Crippen LogP contribution in [0.25, 0.3) is 0 Å². The summed E-state index contributed by atoms with van der Waals surface area (Å²) < 4.78 is 0. The van der Waals surface area contributed by atoms with Crippen LogP contribution in [0.3, 0.4) is 0 Å². The summed E-state index contributed by atoms with van der Waals surface area (Å²) in [5.74, 6) is 1.83. The van der Waals surface area contributed by atoms with Crippen LogP contribution in [0.5, 0.6) is 0 Å². The first-order valence-electron chi connectivity index (χ1n) is 15.0. The molecule has 0 amide bonds. The quantitative estimate of drug-likeness (QED) is 0.157. The van der Waals surface area contributed by atoms with Gasteiger partial charge in [-0.05, 0) is 65.8 Å². The third-order valence-electron chi connectivity index (χ3n) is 7.43. The molecule has 2 aromatic carbocycles. The van der Waals surface area contributed by atoms with Gasteiger partial charge in [0.05, 0.1) is 11.4 Å². The van der Waals surface area contributed by atoms with Crippen LogP contribution in [-0.4, -0.2) is 31.3 Å². The van der Waals surface area contributed by atoms with Crippen LogP contribution in [0, 0.1) is 10.8 Å². The standard InChI is InChI=1S/C36H59BN2P/c1-23(2)27-17-15-18-28(24(3)4)33(27)38-31(35(9,10)11)21-40(37)22-32(36(12,13)14)39-34-29(25(5)6)19-16-20-30(34)26(7)8/h15-20,23-26H,21-22H2,1-14,37H3/q-1. The zero-order valence-corrected chi connectivity index (χ0v) is 28.4. The molecule has 0 atom stereocenters. The molecule has 0 fully saturated rings. The second kappa shape index (κ2) is 14.0. The molecule has 0 aliphatic rings. The highest BCUT2D eigenvalue weighted by Crippen LogP contribution is 2.42. The SMILES string of the molecule is [BH3-]P(CC(=Nc1c(C(C)C)cccc1C(C)C)C(C)(C)C)CC(=Nc1c(C(C)C)cccc1C(C)C)C(C)(C)C. The molecule has 0 unspecified atom stereocenters. The molecule has 0 saturated heterocycles. The van der Waals surface area contributed by atoms with Gasteiger partial charge in [0.15, 0.2) is 0 Å². The molecule has 0 radical (unpaired) electrons. The molecule has 2 aromatic rings. The smallest absolute Gasteiger partial charge is 0.0698 e. The van der Waals surface area contributed by atoms with Crippen LogP contribution in [-0.2, 0) is 0 Å². The number of rotatable bonds is 10. The molecule has 4 heteroatoms. The maximum absolute atomic E-state index is 5.57. The van der Waals surface area contributed by atoms with E-state index in [1.165, 1.54) is 45.1 Å². The van der Waals surface area contributed by atoms with Crippen molar-refractivity contribution < 1.29 is 0 Å². The van der Waals surface area contributed by atoms with Crippen molar-refractivity contribution in [3.05, 3.63) is 58.7 Å². The van der Waals surface area contributed by atoms with Crippen LogP contribution in [0.2, 0.25) is 0 Å². The van der Waals surface area contributed by atoms with E-state index < -0.39 is 0 Å². The summed E-state index contributed by atoms with van der Waals surface area (Å²) in [5, 5.41) is 0. The van der Waals surface area contributed by atoms with Crippen LogP contribution in [0.15, 0.2) is 46.4 Å². The Balaban J connectivity index is 2.60. The fourth-order valence-corrected chi connectivity index (χ4v) is 6.33. The molecule has 0 spiro atoms. The Morgan fingerprint density at radius 2 is 0.825 bits per heavy atom. The van der Waals surface area contributed by atoms with Crippen molar-refractivity contribution >= 4 is 38.2 Å². The average Bonchev–Trinajstić information content (AvgIpc) is 2.81. The number of hydrogen-bond acceptors (Lipinski definition) is 2. The third-order valence-corrected chi connectivity index (χ3v) is 8.48. The van der Waals surface area contributed by atoms with Gasteiger partial charge < -0.3 is 0 Å². The molecule has 2 rings (SSSR count). The van der Waals surface area contributed by atoms with Crippen molar-refractivity contribution in [1.29, 1.82) is 0 Å². The summed E-state index contributed by atoms with van der Waals surface area (Å²) in [7, 11) is 0.0504. The van der Waals surface area contributed by atoms with Crippen molar-refractivity contribution in [2.45, 2.75) is 121 Å². The minimum absolute atomic E-state index is 0.0430. The first-order valence-corrected chi connectivity index (χ1v) is 16.3. The number of para-hydroxylation sites is 2. The van der Waals surface area contributed by atoms with E-state index in [9.17, 15) is 0 Å². The molecule has 0 aliphatic carbocycles. The van der Waals surface area contributed by atoms with Gasteiger partial charge in [0.2, 0.25) is 0 Å². The van der Waals surface area contributed by atoms with Crippen molar-refractivity contribution in [2.24, 2.45) is 20.8 Å². The van der Waals surface area contributed by atoms with E-state index in [1.54, 1.807) is 0 Å². The normalized spacial score (nSPS) is 14.7. The second-order valence-electron chi connectivity index (χ2n) is 14.3. The number of hydrogen-bond donors (Lipinski definition) is 0. The third kappa shape index (κ3) is 9.14. The van der Waals surface area contributed by atoms with Gasteiger partial charge in [0.1, 0.15) is 0 Å². The molecular weight excluding hydrogens is 502 g/mol. The number of benzene rings is 2. The largest absolute Gasteiger partial charge is 0.276 e. The van der Waals surface area contributed by atoms with E-state index in [4.69, 9.17) is 9.98 Å². The first-order chi connectivity index (χ1) is 18.3. The highest BCUT2D eigenvalue weighted by Gasteiger charge is 2.25. The lowest BCUT2D eigenvalue weighted by Gasteiger charge is -2.32. The van der Waals surface area contributed by atoms with Gasteiger partial charge in [-0.2, -0.15) is 0 Å². The fourth-order valence-electron chi connectivity index (χ4n) is 4.70. The van der Waals surface area contributed by atoms with E-state index in [0.717, 1.165) is 12.3 Å². The molecule has 0 aromatic heterocycles. The number of nitrogens with zero attached hydrogens (tertiary/aromatic N) is 2. The second-order valence-corrected chi connectivity index (χ2v) is 15.4. The lowest BCUT2D eigenvalue weighted by Crippen LogP contribution is -2.27. The Hall–Kier alpha value is -1.73. The predicted octanol–water partition coefficient (Wildman–Crippen LogP) is 10.9. The Labute approximate surface area is 250 Å². The Kier molecular flexibility index (Phi) is 12.0. The summed E-state index contributed by atoms with van der Waals surface area (Å²) in [5.41, 5.74) is 10.8. The molecule has 0 heterocycles. The van der Waals surface area contributed by atoms with Gasteiger partial charge in [-0.25, -0.2) is 0 Å². The zero-order chi connectivity index (χ0) is 30.6. The number of aliphatic imine (C=N–C) groups is 2. The molecular formula is C36H59BN2P-. The van der Waals surface area contributed by atoms with E-state index in [1.807, 2.05) is 0 Å². The molecule has 40 heavy (non-hydrogen) atoms. The Morgan fingerprint density at radius 1 is 0.575 bits per heavy atom. The van der Waals surface area contributed by atoms with Crippen molar-refractivity contribution in [3.8, 4) is 0 Å². The first kappa shape index (κ1) is 34.5. The van der Waals surface area contributed by atoms with Gasteiger partial charge in [-0.3, -0.25) is 17.8 Å². The molecule has 222 valence electrons. The van der Waals surface area contributed by atoms with E-state index in [0.29, 0.717) is 23.7 Å². The minimum atomic E-state index is -0.0917. The molecule has 0 saturated carbocycles. The van der Waals surface area contributed by atoms with Gasteiger partial charge in [-0.15, -0.1) is 0 Å². The van der Waals surface area contributed by atoms with Gasteiger partial charge in [-0.1, -0.05) is 133 Å².